The molecule has 0 radical (unpaired) electrons. The van der Waals surface area contributed by atoms with E-state index in [1.807, 2.05) is 24.3 Å². The van der Waals surface area contributed by atoms with Crippen LogP contribution in [-0.2, 0) is 17.3 Å². The molecule has 0 saturated carbocycles. The van der Waals surface area contributed by atoms with Gasteiger partial charge < -0.3 is 15.6 Å². The lowest BCUT2D eigenvalue weighted by Crippen LogP contribution is -2.25. The van der Waals surface area contributed by atoms with Crippen molar-refractivity contribution in [3.63, 3.8) is 0 Å². The van der Waals surface area contributed by atoms with Crippen LogP contribution in [0.1, 0.15) is 25.8 Å². The highest BCUT2D eigenvalue weighted by Gasteiger charge is 2.11. The Morgan fingerprint density at radius 1 is 1.40 bits per heavy atom. The van der Waals surface area contributed by atoms with Crippen LogP contribution in [0.2, 0.25) is 0 Å². The van der Waals surface area contributed by atoms with E-state index in [1.54, 1.807) is 0 Å². The van der Waals surface area contributed by atoms with E-state index in [4.69, 9.17) is 10.5 Å². The van der Waals surface area contributed by atoms with Crippen LogP contribution in [0.3, 0.4) is 0 Å². The van der Waals surface area contributed by atoms with Crippen LogP contribution in [0.4, 0.5) is 0 Å². The normalized spacial score (nSPS) is 14.2. The minimum absolute atomic E-state index is 0.154. The molecular formula is C15H25NO3S. The Hall–Kier alpha value is -0.910. The molecule has 20 heavy (non-hydrogen) atoms. The average molecular weight is 299 g/mol. The van der Waals surface area contributed by atoms with E-state index < -0.39 is 16.9 Å². The van der Waals surface area contributed by atoms with E-state index in [0.29, 0.717) is 24.0 Å². The summed E-state index contributed by atoms with van der Waals surface area (Å²) >= 11 is 0. The van der Waals surface area contributed by atoms with Gasteiger partial charge in [0.1, 0.15) is 12.4 Å². The zero-order valence-electron chi connectivity index (χ0n) is 12.2. The zero-order chi connectivity index (χ0) is 15.0. The largest absolute Gasteiger partial charge is 0.491 e. The van der Waals surface area contributed by atoms with Gasteiger partial charge in [0.05, 0.1) is 11.9 Å². The molecule has 0 heterocycles. The van der Waals surface area contributed by atoms with Crippen molar-refractivity contribution in [2.75, 3.05) is 18.1 Å². The predicted octanol–water partition coefficient (Wildman–Crippen LogP) is 1.68. The molecule has 1 rings (SSSR count). The molecule has 2 unspecified atom stereocenters. The molecular weight excluding hydrogens is 274 g/mol. The van der Waals surface area contributed by atoms with Crippen LogP contribution in [0.5, 0.6) is 5.75 Å². The van der Waals surface area contributed by atoms with Gasteiger partial charge in [-0.2, -0.15) is 0 Å². The van der Waals surface area contributed by atoms with Gasteiger partial charge in [0, 0.05) is 23.1 Å². The van der Waals surface area contributed by atoms with Crippen molar-refractivity contribution in [3.8, 4) is 5.75 Å². The Bertz CT molecular complexity index is 423. The summed E-state index contributed by atoms with van der Waals surface area (Å²) in [5.41, 5.74) is 6.54. The first-order valence-electron chi connectivity index (χ1n) is 6.96. The number of rotatable bonds is 9. The minimum atomic E-state index is -0.985. The summed E-state index contributed by atoms with van der Waals surface area (Å²) in [4.78, 5) is 0. The molecule has 1 aromatic rings. The van der Waals surface area contributed by atoms with Crippen molar-refractivity contribution in [1.29, 1.82) is 0 Å². The SMILES string of the molecule is CC(C)CCS(=O)CC(O)COc1cccc(CN)c1. The molecule has 0 amide bonds. The second-order valence-electron chi connectivity index (χ2n) is 5.31. The highest BCUT2D eigenvalue weighted by atomic mass is 32.2. The van der Waals surface area contributed by atoms with Crippen molar-refractivity contribution < 1.29 is 14.1 Å². The van der Waals surface area contributed by atoms with Crippen molar-refractivity contribution in [1.82, 2.24) is 0 Å². The van der Waals surface area contributed by atoms with Crippen molar-refractivity contribution in [2.45, 2.75) is 32.9 Å². The predicted molar refractivity (Wildman–Crippen MR) is 83.2 cm³/mol. The van der Waals surface area contributed by atoms with Gasteiger partial charge in [-0.1, -0.05) is 26.0 Å². The van der Waals surface area contributed by atoms with Gasteiger partial charge in [0.15, 0.2) is 0 Å². The third kappa shape index (κ3) is 7.03. The Morgan fingerprint density at radius 3 is 2.80 bits per heavy atom. The number of aliphatic hydroxyl groups excluding tert-OH is 1. The van der Waals surface area contributed by atoms with Crippen LogP contribution in [0, 0.1) is 5.92 Å². The molecule has 0 spiro atoms. The Morgan fingerprint density at radius 2 is 2.15 bits per heavy atom. The second-order valence-corrected chi connectivity index (χ2v) is 6.93. The first kappa shape index (κ1) is 17.1. The van der Waals surface area contributed by atoms with Gasteiger partial charge in [-0.25, -0.2) is 0 Å². The van der Waals surface area contributed by atoms with E-state index >= 15 is 0 Å². The summed E-state index contributed by atoms with van der Waals surface area (Å²) < 4.78 is 17.2. The van der Waals surface area contributed by atoms with E-state index in [2.05, 4.69) is 13.8 Å². The number of benzene rings is 1. The monoisotopic (exact) mass is 299 g/mol. The van der Waals surface area contributed by atoms with Gasteiger partial charge in [0.2, 0.25) is 0 Å². The molecule has 0 bridgehead atoms. The van der Waals surface area contributed by atoms with E-state index in [9.17, 15) is 9.32 Å². The van der Waals surface area contributed by atoms with Gasteiger partial charge >= 0.3 is 0 Å². The first-order valence-corrected chi connectivity index (χ1v) is 8.45. The molecule has 0 fully saturated rings. The van der Waals surface area contributed by atoms with Crippen molar-refractivity contribution >= 4 is 10.8 Å². The maximum Gasteiger partial charge on any atom is 0.119 e. The van der Waals surface area contributed by atoms with Crippen LogP contribution < -0.4 is 10.5 Å². The van der Waals surface area contributed by atoms with Gasteiger partial charge in [-0.3, -0.25) is 4.21 Å². The summed E-state index contributed by atoms with van der Waals surface area (Å²) in [6.07, 6.45) is 0.211. The summed E-state index contributed by atoms with van der Waals surface area (Å²) in [5.74, 6) is 2.12. The maximum absolute atomic E-state index is 11.7. The van der Waals surface area contributed by atoms with Crippen LogP contribution in [-0.4, -0.2) is 33.5 Å². The number of ether oxygens (including phenoxy) is 1. The molecule has 2 atom stereocenters. The third-order valence-electron chi connectivity index (χ3n) is 2.88. The van der Waals surface area contributed by atoms with Crippen LogP contribution in [0.25, 0.3) is 0 Å². The second kappa shape index (κ2) is 9.10. The average Bonchev–Trinajstić information content (AvgIpc) is 2.43. The third-order valence-corrected chi connectivity index (χ3v) is 4.33. The number of aliphatic hydroxyl groups is 1. The van der Waals surface area contributed by atoms with Crippen LogP contribution in [0.15, 0.2) is 24.3 Å². The Kier molecular flexibility index (Phi) is 7.80. The molecule has 5 heteroatoms. The standard InChI is InChI=1S/C15H25NO3S/c1-12(2)6-7-20(18)11-14(17)10-19-15-5-3-4-13(8-15)9-16/h3-5,8,12,14,17H,6-7,9-11,16H2,1-2H3. The van der Waals surface area contributed by atoms with E-state index in [1.165, 1.54) is 0 Å². The Labute approximate surface area is 123 Å². The van der Waals surface area contributed by atoms with Gasteiger partial charge in [-0.05, 0) is 30.0 Å². The molecule has 1 aromatic carbocycles. The van der Waals surface area contributed by atoms with Crippen LogP contribution >= 0.6 is 0 Å². The lowest BCUT2D eigenvalue weighted by Gasteiger charge is -2.13. The first-order chi connectivity index (χ1) is 9.51. The number of nitrogens with two attached hydrogens (primary N) is 1. The topological polar surface area (TPSA) is 72.5 Å². The van der Waals surface area contributed by atoms with E-state index in [-0.39, 0.29) is 12.4 Å². The fourth-order valence-electron chi connectivity index (χ4n) is 1.67. The van der Waals surface area contributed by atoms with Crippen molar-refractivity contribution in [2.24, 2.45) is 11.7 Å². The number of hydrogen-bond acceptors (Lipinski definition) is 4. The van der Waals surface area contributed by atoms with Gasteiger partial charge in [-0.15, -0.1) is 0 Å². The molecule has 0 aliphatic heterocycles. The fraction of sp³-hybridized carbons (Fsp3) is 0.600. The smallest absolute Gasteiger partial charge is 0.119 e. The maximum atomic E-state index is 11.7. The lowest BCUT2D eigenvalue weighted by atomic mass is 10.2. The minimum Gasteiger partial charge on any atom is -0.491 e. The summed E-state index contributed by atoms with van der Waals surface area (Å²) in [6.45, 7) is 4.81. The molecule has 0 saturated heterocycles. The summed E-state index contributed by atoms with van der Waals surface area (Å²) in [7, 11) is -0.985. The molecule has 4 nitrogen and oxygen atoms in total. The zero-order valence-corrected chi connectivity index (χ0v) is 13.1. The summed E-state index contributed by atoms with van der Waals surface area (Å²) in [6, 6.07) is 7.46. The highest BCUT2D eigenvalue weighted by Crippen LogP contribution is 2.13. The molecule has 0 aliphatic carbocycles. The van der Waals surface area contributed by atoms with Gasteiger partial charge in [0.25, 0.3) is 0 Å². The summed E-state index contributed by atoms with van der Waals surface area (Å²) in [5, 5.41) is 9.83. The number of hydrogen-bond donors (Lipinski definition) is 2. The molecule has 0 aliphatic rings. The molecule has 3 N–H and O–H groups in total. The Balaban J connectivity index is 2.31. The quantitative estimate of drug-likeness (QED) is 0.727. The molecule has 0 aromatic heterocycles. The van der Waals surface area contributed by atoms with Crippen molar-refractivity contribution in [3.05, 3.63) is 29.8 Å². The fourth-order valence-corrected chi connectivity index (χ4v) is 3.09. The highest BCUT2D eigenvalue weighted by molar-refractivity contribution is 7.85. The molecule has 114 valence electrons. The lowest BCUT2D eigenvalue weighted by molar-refractivity contribution is 0.125. The van der Waals surface area contributed by atoms with E-state index in [0.717, 1.165) is 12.0 Å².